The van der Waals surface area contributed by atoms with Crippen LogP contribution >= 0.6 is 68.0 Å². The van der Waals surface area contributed by atoms with Crippen molar-refractivity contribution in [1.82, 2.24) is 4.90 Å². The van der Waals surface area contributed by atoms with E-state index in [1.165, 1.54) is 28.2 Å². The largest absolute Gasteiger partial charge is 0.243 e. The number of aliphatic imine (C=N–C) groups is 6. The molecule has 3 aliphatic heterocycles. The number of amidine groups is 3. The predicted octanol–water partition coefficient (Wildman–Crippen LogP) is 7.57. The molecule has 37 heavy (non-hydrogen) atoms. The highest BCUT2D eigenvalue weighted by Gasteiger charge is 2.36. The van der Waals surface area contributed by atoms with Crippen molar-refractivity contribution in [3.8, 4) is 0 Å². The molecule has 7 nitrogen and oxygen atoms in total. The van der Waals surface area contributed by atoms with Crippen molar-refractivity contribution in [2.75, 3.05) is 0 Å². The third-order valence-electron chi connectivity index (χ3n) is 5.92. The first kappa shape index (κ1) is 20.8. The molecule has 0 saturated heterocycles. The summed E-state index contributed by atoms with van der Waals surface area (Å²) in [5, 5.41) is 7.52. The molecule has 0 fully saturated rings. The average molecular weight is 588 g/mol. The molecule has 6 aromatic rings. The summed E-state index contributed by atoms with van der Waals surface area (Å²) < 4.78 is 6.16. The van der Waals surface area contributed by atoms with Crippen molar-refractivity contribution in [2.24, 2.45) is 30.0 Å². The van der Waals surface area contributed by atoms with E-state index in [1.807, 2.05) is 0 Å². The first-order valence-electron chi connectivity index (χ1n) is 11.0. The fourth-order valence-corrected chi connectivity index (χ4v) is 10.4. The molecule has 0 radical (unpaired) electrons. The van der Waals surface area contributed by atoms with Gasteiger partial charge in [-0.15, -0.1) is 68.0 Å². The third-order valence-corrected chi connectivity index (χ3v) is 12.3. The SMILES string of the molecule is c1cc2sc(C3=NC4=NC(c5cc6sccc6s5)=NC5=NC(c6cc7ccsc7s6)=NC(=N3)N45)cc2s1. The molecule has 0 aromatic carbocycles. The molecule has 6 aromatic heterocycles. The van der Waals surface area contributed by atoms with Crippen LogP contribution in [0.15, 0.2) is 82.5 Å². The predicted molar refractivity (Wildman–Crippen MR) is 163 cm³/mol. The van der Waals surface area contributed by atoms with Crippen LogP contribution in [-0.2, 0) is 0 Å². The lowest BCUT2D eigenvalue weighted by molar-refractivity contribution is 0.829. The second kappa shape index (κ2) is 7.66. The van der Waals surface area contributed by atoms with Crippen molar-refractivity contribution in [1.29, 1.82) is 0 Å². The van der Waals surface area contributed by atoms with Gasteiger partial charge in [-0.25, -0.2) is 4.90 Å². The van der Waals surface area contributed by atoms with Crippen LogP contribution in [0.3, 0.4) is 0 Å². The minimum atomic E-state index is 0.493. The van der Waals surface area contributed by atoms with Crippen molar-refractivity contribution >= 4 is 132 Å². The molecule has 0 N–H and O–H groups in total. The van der Waals surface area contributed by atoms with E-state index in [0.717, 1.165) is 14.6 Å². The smallest absolute Gasteiger partial charge is 0.213 e. The summed E-state index contributed by atoms with van der Waals surface area (Å²) in [6, 6.07) is 12.8. The summed E-state index contributed by atoms with van der Waals surface area (Å²) >= 11 is 10.2. The van der Waals surface area contributed by atoms with Crippen molar-refractivity contribution in [3.05, 3.63) is 67.2 Å². The molecule has 0 bridgehead atoms. The van der Waals surface area contributed by atoms with Gasteiger partial charge in [0, 0.05) is 24.2 Å². The fourth-order valence-electron chi connectivity index (χ4n) is 4.25. The molecule has 13 heteroatoms. The van der Waals surface area contributed by atoms with Crippen LogP contribution in [0.25, 0.3) is 28.2 Å². The highest BCUT2D eigenvalue weighted by molar-refractivity contribution is 7.38. The van der Waals surface area contributed by atoms with Crippen LogP contribution in [0.1, 0.15) is 14.6 Å². The van der Waals surface area contributed by atoms with E-state index in [0.29, 0.717) is 35.4 Å². The Kier molecular flexibility index (Phi) is 4.31. The quantitative estimate of drug-likeness (QED) is 0.210. The molecule has 176 valence electrons. The first-order chi connectivity index (χ1) is 18.2. The van der Waals surface area contributed by atoms with Gasteiger partial charge in [0.25, 0.3) is 0 Å². The maximum Gasteiger partial charge on any atom is 0.243 e. The number of guanidine groups is 3. The van der Waals surface area contributed by atoms with Crippen molar-refractivity contribution in [2.45, 2.75) is 0 Å². The standard InChI is InChI=1S/C24H9N7S6/c1-4-34-21-10(1)7-15(37-21)18-25-22-27-19(16-8-13-11(35-16)2-5-32-13)29-24-30-20(28-23(26-18)31(22)24)17-9-14-12(36-17)3-6-33-14/h1-9H. The minimum Gasteiger partial charge on any atom is -0.213 e. The molecule has 0 amide bonds. The molecule has 3 aliphatic rings. The Hall–Kier alpha value is -3.20. The lowest BCUT2D eigenvalue weighted by atomic mass is 10.3. The summed E-state index contributed by atoms with van der Waals surface area (Å²) in [7, 11) is 0. The molecular weight excluding hydrogens is 579 g/mol. The summed E-state index contributed by atoms with van der Waals surface area (Å²) in [6.07, 6.45) is 0. The molecule has 0 saturated carbocycles. The van der Waals surface area contributed by atoms with E-state index in [-0.39, 0.29) is 0 Å². The Bertz CT molecular complexity index is 1790. The fraction of sp³-hybridized carbons (Fsp3) is 0. The highest BCUT2D eigenvalue weighted by atomic mass is 32.2. The molecule has 0 aliphatic carbocycles. The number of nitrogens with zero attached hydrogens (tertiary/aromatic N) is 7. The molecule has 9 rings (SSSR count). The zero-order chi connectivity index (χ0) is 24.1. The van der Waals surface area contributed by atoms with Crippen LogP contribution in [0.4, 0.5) is 0 Å². The first-order valence-corrected chi connectivity index (χ1v) is 16.1. The van der Waals surface area contributed by atoms with Crippen LogP contribution in [0.5, 0.6) is 0 Å². The van der Waals surface area contributed by atoms with Crippen LogP contribution in [-0.4, -0.2) is 40.3 Å². The minimum absolute atomic E-state index is 0.493. The lowest BCUT2D eigenvalue weighted by Gasteiger charge is -2.29. The summed E-state index contributed by atoms with van der Waals surface area (Å²) in [5.41, 5.74) is 0. The van der Waals surface area contributed by atoms with E-state index in [4.69, 9.17) is 30.0 Å². The van der Waals surface area contributed by atoms with Gasteiger partial charge >= 0.3 is 0 Å². The van der Waals surface area contributed by atoms with Gasteiger partial charge in [0.05, 0.1) is 18.6 Å². The van der Waals surface area contributed by atoms with Crippen LogP contribution in [0, 0.1) is 0 Å². The molecule has 0 atom stereocenters. The topological polar surface area (TPSA) is 77.4 Å². The van der Waals surface area contributed by atoms with Gasteiger partial charge in [-0.2, -0.15) is 30.0 Å². The van der Waals surface area contributed by atoms with E-state index in [9.17, 15) is 0 Å². The number of hydrogen-bond acceptors (Lipinski definition) is 13. The Balaban J connectivity index is 1.24. The summed E-state index contributed by atoms with van der Waals surface area (Å²) in [5.74, 6) is 3.32. The van der Waals surface area contributed by atoms with E-state index in [1.54, 1.807) is 72.9 Å². The van der Waals surface area contributed by atoms with E-state index < -0.39 is 0 Å². The second-order valence-corrected chi connectivity index (χ2v) is 14.5. The molecule has 0 unspecified atom stereocenters. The van der Waals surface area contributed by atoms with E-state index >= 15 is 0 Å². The third kappa shape index (κ3) is 3.19. The number of fused-ring (bicyclic) bond motifs is 3. The summed E-state index contributed by atoms with van der Waals surface area (Å²) in [4.78, 5) is 34.0. The Morgan fingerprint density at radius 2 is 1.00 bits per heavy atom. The lowest BCUT2D eigenvalue weighted by Crippen LogP contribution is -2.47. The maximum absolute atomic E-state index is 4.87. The van der Waals surface area contributed by atoms with Gasteiger partial charge in [0.15, 0.2) is 17.5 Å². The Morgan fingerprint density at radius 3 is 1.51 bits per heavy atom. The van der Waals surface area contributed by atoms with Gasteiger partial charge in [-0.1, -0.05) is 0 Å². The van der Waals surface area contributed by atoms with Gasteiger partial charge < -0.3 is 0 Å². The maximum atomic E-state index is 4.87. The molecule has 9 heterocycles. The van der Waals surface area contributed by atoms with Gasteiger partial charge in [0.1, 0.15) is 0 Å². The normalized spacial score (nSPS) is 17.0. The second-order valence-electron chi connectivity index (χ2n) is 8.17. The highest BCUT2D eigenvalue weighted by Crippen LogP contribution is 2.35. The number of rotatable bonds is 3. The average Bonchev–Trinajstić information content (AvgIpc) is 3.70. The molecule has 0 spiro atoms. The van der Waals surface area contributed by atoms with Gasteiger partial charge in [-0.05, 0) is 52.5 Å². The van der Waals surface area contributed by atoms with Crippen molar-refractivity contribution < 1.29 is 0 Å². The molecular formula is C24H9N7S6. The van der Waals surface area contributed by atoms with Gasteiger partial charge in [-0.3, -0.25) is 0 Å². The monoisotopic (exact) mass is 587 g/mol. The number of hydrogen-bond donors (Lipinski definition) is 0. The Morgan fingerprint density at radius 1 is 0.486 bits per heavy atom. The van der Waals surface area contributed by atoms with Gasteiger partial charge in [0.2, 0.25) is 17.9 Å². The van der Waals surface area contributed by atoms with Crippen LogP contribution < -0.4 is 0 Å². The zero-order valence-corrected chi connectivity index (χ0v) is 23.2. The zero-order valence-electron chi connectivity index (χ0n) is 18.3. The summed E-state index contributed by atoms with van der Waals surface area (Å²) in [6.45, 7) is 0. The van der Waals surface area contributed by atoms with Crippen molar-refractivity contribution in [3.63, 3.8) is 0 Å². The number of thiophene rings is 6. The van der Waals surface area contributed by atoms with E-state index in [2.05, 4.69) is 52.5 Å². The Labute approximate surface area is 232 Å². The van der Waals surface area contributed by atoms with Crippen LogP contribution in [0.2, 0.25) is 0 Å².